The third kappa shape index (κ3) is 7.03. The lowest BCUT2D eigenvalue weighted by Crippen LogP contribution is -2.64. The van der Waals surface area contributed by atoms with E-state index in [1.165, 1.54) is 0 Å². The first kappa shape index (κ1) is 27.3. The molecule has 0 saturated carbocycles. The van der Waals surface area contributed by atoms with Gasteiger partial charge in [0.25, 0.3) is 0 Å². The lowest BCUT2D eigenvalue weighted by molar-refractivity contribution is -0.355. The van der Waals surface area contributed by atoms with Gasteiger partial charge in [-0.25, -0.2) is 0 Å². The zero-order valence-electron chi connectivity index (χ0n) is 18.1. The number of carbonyl (C=O) groups excluding carboxylic acids is 1. The van der Waals surface area contributed by atoms with E-state index in [4.69, 9.17) is 18.9 Å². The van der Waals surface area contributed by atoms with Gasteiger partial charge in [-0.3, -0.25) is 4.79 Å². The predicted octanol–water partition coefficient (Wildman–Crippen LogP) is -2.49. The maximum Gasteiger partial charge on any atom is 0.305 e. The van der Waals surface area contributed by atoms with Gasteiger partial charge in [-0.2, -0.15) is 0 Å². The van der Waals surface area contributed by atoms with E-state index in [-0.39, 0.29) is 6.42 Å². The smallest absolute Gasteiger partial charge is 0.305 e. The molecule has 2 aliphatic heterocycles. The maximum absolute atomic E-state index is 11.9. The van der Waals surface area contributed by atoms with Gasteiger partial charge in [0.15, 0.2) is 12.6 Å². The summed E-state index contributed by atoms with van der Waals surface area (Å²) in [5.74, 6) is -0.496. The molecule has 2 fully saturated rings. The van der Waals surface area contributed by atoms with Crippen molar-refractivity contribution in [3.05, 3.63) is 0 Å². The van der Waals surface area contributed by atoms with Crippen molar-refractivity contribution < 1.29 is 59.5 Å². The molecule has 0 unspecified atom stereocenters. The van der Waals surface area contributed by atoms with Crippen LogP contribution in [0.3, 0.4) is 0 Å². The molecular formula is C20H36O12. The standard InChI is InChI=1S/C20H36O12/c1-2-3-4-5-6-7-12(22)29-9-11-13(23)14(24)17(27)20(31-11)32-18-10(8-21)30-19(28)16(26)15(18)25/h10-11,13-21,23-28H,2-9H2,1H3/t10-,11-,13-,14+,15-,16-,17-,18-,19-,20-/m1/s1. The second kappa shape index (κ2) is 13.1. The number of aliphatic hydroxyl groups excluding tert-OH is 7. The Hall–Kier alpha value is -0.930. The van der Waals surface area contributed by atoms with Crippen molar-refractivity contribution in [2.45, 2.75) is 107 Å². The van der Waals surface area contributed by atoms with E-state index in [2.05, 4.69) is 6.92 Å². The number of rotatable bonds is 11. The van der Waals surface area contributed by atoms with Crippen molar-refractivity contribution in [2.75, 3.05) is 13.2 Å². The molecule has 2 heterocycles. The van der Waals surface area contributed by atoms with E-state index in [9.17, 15) is 40.5 Å². The minimum atomic E-state index is -1.76. The first-order chi connectivity index (χ1) is 15.2. The first-order valence-corrected chi connectivity index (χ1v) is 11.0. The summed E-state index contributed by atoms with van der Waals surface area (Å²) in [5.41, 5.74) is 0. The van der Waals surface area contributed by atoms with Gasteiger partial charge >= 0.3 is 5.97 Å². The molecular weight excluding hydrogens is 432 g/mol. The molecule has 0 bridgehead atoms. The Morgan fingerprint density at radius 2 is 1.50 bits per heavy atom. The van der Waals surface area contributed by atoms with Gasteiger partial charge in [-0.15, -0.1) is 0 Å². The van der Waals surface area contributed by atoms with Crippen LogP contribution in [0.5, 0.6) is 0 Å². The number of ether oxygens (including phenoxy) is 4. The van der Waals surface area contributed by atoms with Crippen LogP contribution in [0.1, 0.15) is 45.4 Å². The van der Waals surface area contributed by atoms with E-state index in [1.807, 2.05) is 0 Å². The molecule has 0 aromatic rings. The summed E-state index contributed by atoms with van der Waals surface area (Å²) in [7, 11) is 0. The highest BCUT2D eigenvalue weighted by molar-refractivity contribution is 5.69. The molecule has 7 N–H and O–H groups in total. The van der Waals surface area contributed by atoms with Crippen molar-refractivity contribution in [3.63, 3.8) is 0 Å². The average molecular weight is 468 g/mol. The molecule has 2 aliphatic rings. The van der Waals surface area contributed by atoms with Gasteiger partial charge in [-0.1, -0.05) is 32.6 Å². The summed E-state index contributed by atoms with van der Waals surface area (Å²) < 4.78 is 21.0. The van der Waals surface area contributed by atoms with Crippen molar-refractivity contribution in [1.29, 1.82) is 0 Å². The summed E-state index contributed by atoms with van der Waals surface area (Å²) in [6.45, 7) is 0.982. The molecule has 0 radical (unpaired) electrons. The number of hydrogen-bond acceptors (Lipinski definition) is 12. The van der Waals surface area contributed by atoms with Crippen LogP contribution in [-0.4, -0.2) is 116 Å². The summed E-state index contributed by atoms with van der Waals surface area (Å²) in [6.07, 6.45) is -10.9. The van der Waals surface area contributed by atoms with E-state index < -0.39 is 80.6 Å². The lowest BCUT2D eigenvalue weighted by Gasteiger charge is -2.45. The Balaban J connectivity index is 1.92. The summed E-state index contributed by atoms with van der Waals surface area (Å²) in [4.78, 5) is 11.9. The fourth-order valence-corrected chi connectivity index (χ4v) is 3.68. The molecule has 0 aliphatic carbocycles. The van der Waals surface area contributed by atoms with Gasteiger partial charge in [0.05, 0.1) is 6.61 Å². The predicted molar refractivity (Wildman–Crippen MR) is 106 cm³/mol. The highest BCUT2D eigenvalue weighted by Crippen LogP contribution is 2.28. The molecule has 0 aromatic carbocycles. The quantitative estimate of drug-likeness (QED) is 0.125. The lowest BCUT2D eigenvalue weighted by atomic mass is 9.97. The second-order valence-corrected chi connectivity index (χ2v) is 8.19. The summed E-state index contributed by atoms with van der Waals surface area (Å²) >= 11 is 0. The largest absolute Gasteiger partial charge is 0.463 e. The Morgan fingerprint density at radius 3 is 2.16 bits per heavy atom. The molecule has 0 aromatic heterocycles. The van der Waals surface area contributed by atoms with Crippen LogP contribution in [0.25, 0.3) is 0 Å². The molecule has 12 heteroatoms. The second-order valence-electron chi connectivity index (χ2n) is 8.19. The third-order valence-corrected chi connectivity index (χ3v) is 5.69. The number of unbranched alkanes of at least 4 members (excludes halogenated alkanes) is 4. The number of esters is 1. The van der Waals surface area contributed by atoms with Crippen molar-refractivity contribution >= 4 is 5.97 Å². The van der Waals surface area contributed by atoms with Crippen molar-refractivity contribution in [2.24, 2.45) is 0 Å². The Bertz CT molecular complexity index is 561. The first-order valence-electron chi connectivity index (χ1n) is 11.0. The average Bonchev–Trinajstić information content (AvgIpc) is 2.78. The van der Waals surface area contributed by atoms with E-state index >= 15 is 0 Å². The van der Waals surface area contributed by atoms with Crippen LogP contribution < -0.4 is 0 Å². The number of aliphatic hydroxyl groups is 7. The zero-order chi connectivity index (χ0) is 23.8. The van der Waals surface area contributed by atoms with Gasteiger partial charge in [0.1, 0.15) is 55.4 Å². The van der Waals surface area contributed by atoms with Crippen molar-refractivity contribution in [1.82, 2.24) is 0 Å². The van der Waals surface area contributed by atoms with Crippen LogP contribution >= 0.6 is 0 Å². The highest BCUT2D eigenvalue weighted by atomic mass is 16.7. The van der Waals surface area contributed by atoms with Crippen molar-refractivity contribution in [3.8, 4) is 0 Å². The molecule has 2 rings (SSSR count). The normalized spacial score (nSPS) is 40.2. The van der Waals surface area contributed by atoms with Gasteiger partial charge < -0.3 is 54.7 Å². The molecule has 0 spiro atoms. The minimum Gasteiger partial charge on any atom is -0.463 e. The van der Waals surface area contributed by atoms with E-state index in [1.54, 1.807) is 0 Å². The number of carbonyl (C=O) groups is 1. The van der Waals surface area contributed by atoms with Gasteiger partial charge in [0, 0.05) is 6.42 Å². The fraction of sp³-hybridized carbons (Fsp3) is 0.950. The molecule has 10 atom stereocenters. The van der Waals surface area contributed by atoms with Crippen LogP contribution in [0.4, 0.5) is 0 Å². The molecule has 12 nitrogen and oxygen atoms in total. The summed E-state index contributed by atoms with van der Waals surface area (Å²) in [5, 5.41) is 69.5. The summed E-state index contributed by atoms with van der Waals surface area (Å²) in [6, 6.07) is 0. The van der Waals surface area contributed by atoms with Crippen LogP contribution in [0.2, 0.25) is 0 Å². The third-order valence-electron chi connectivity index (χ3n) is 5.69. The maximum atomic E-state index is 11.9. The monoisotopic (exact) mass is 468 g/mol. The molecule has 0 amide bonds. The minimum absolute atomic E-state index is 0.196. The number of hydrogen-bond donors (Lipinski definition) is 7. The zero-order valence-corrected chi connectivity index (χ0v) is 18.1. The molecule has 2 saturated heterocycles. The highest BCUT2D eigenvalue weighted by Gasteiger charge is 2.50. The van der Waals surface area contributed by atoms with Gasteiger partial charge in [0.2, 0.25) is 0 Å². The fourth-order valence-electron chi connectivity index (χ4n) is 3.68. The van der Waals surface area contributed by atoms with Crippen LogP contribution in [-0.2, 0) is 23.7 Å². The van der Waals surface area contributed by atoms with Crippen LogP contribution in [0.15, 0.2) is 0 Å². The van der Waals surface area contributed by atoms with Crippen LogP contribution in [0, 0.1) is 0 Å². The SMILES string of the molecule is CCCCCCCC(=O)OC[C@H]1O[C@H](O[C@H]2[C@H](O)[C@@H](O)[C@H](O)O[C@@H]2CO)[C@H](O)[C@@H](O)[C@@H]1O. The molecule has 188 valence electrons. The Kier molecular flexibility index (Phi) is 11.2. The Labute approximate surface area is 186 Å². The van der Waals surface area contributed by atoms with E-state index in [0.29, 0.717) is 6.42 Å². The van der Waals surface area contributed by atoms with E-state index in [0.717, 1.165) is 25.7 Å². The Morgan fingerprint density at radius 1 is 0.812 bits per heavy atom. The van der Waals surface area contributed by atoms with Gasteiger partial charge in [-0.05, 0) is 6.42 Å². The molecule has 32 heavy (non-hydrogen) atoms. The topological polar surface area (TPSA) is 196 Å².